The molecule has 152 valence electrons. The third-order valence-electron chi connectivity index (χ3n) is 4.81. The van der Waals surface area contributed by atoms with Gasteiger partial charge in [0.05, 0.1) is 23.3 Å². The summed E-state index contributed by atoms with van der Waals surface area (Å²) in [4.78, 5) is 20.7. The van der Waals surface area contributed by atoms with Crippen molar-refractivity contribution in [3.63, 3.8) is 0 Å². The second-order valence-electron chi connectivity index (χ2n) is 7.29. The monoisotopic (exact) mass is 409 g/mol. The summed E-state index contributed by atoms with van der Waals surface area (Å²) in [6.07, 6.45) is -1.04. The number of alkyl halides is 3. The fourth-order valence-electron chi connectivity index (χ4n) is 3.07. The molecule has 2 aromatic heterocycles. The van der Waals surface area contributed by atoms with Gasteiger partial charge in [-0.3, -0.25) is 9.78 Å². The lowest BCUT2D eigenvalue weighted by molar-refractivity contribution is -0.136. The molecule has 0 saturated heterocycles. The molecule has 0 unspecified atom stereocenters. The van der Waals surface area contributed by atoms with Gasteiger partial charge in [0.15, 0.2) is 0 Å². The number of carbonyl (C=O) groups excluding carboxylic acids is 1. The van der Waals surface area contributed by atoms with Gasteiger partial charge in [-0.25, -0.2) is 4.98 Å². The van der Waals surface area contributed by atoms with E-state index in [1.807, 2.05) is 0 Å². The molecule has 1 aromatic carbocycles. The van der Waals surface area contributed by atoms with Gasteiger partial charge in [-0.2, -0.15) is 13.2 Å². The minimum atomic E-state index is -4.61. The number of pyridine rings is 2. The molecule has 0 aliphatic heterocycles. The van der Waals surface area contributed by atoms with Gasteiger partial charge in [-0.05, 0) is 55.7 Å². The lowest BCUT2D eigenvalue weighted by Gasteiger charge is -2.14. The first-order valence-corrected chi connectivity index (χ1v) is 9.53. The number of carbonyl (C=O) groups is 1. The van der Waals surface area contributed by atoms with Gasteiger partial charge in [0.1, 0.15) is 5.69 Å². The third-order valence-corrected chi connectivity index (χ3v) is 4.81. The molecule has 3 aromatic rings. The number of benzene rings is 1. The number of hydrogen-bond donors (Lipinski definition) is 1. The summed E-state index contributed by atoms with van der Waals surface area (Å²) in [7, 11) is 0. The average molecular weight is 409 g/mol. The number of halogens is 3. The Hall–Kier alpha value is -3.40. The molecule has 1 fully saturated rings. The number of nitrogens with zero attached hydrogens (tertiary/aromatic N) is 2. The normalized spacial score (nSPS) is 13.6. The summed E-state index contributed by atoms with van der Waals surface area (Å²) in [5.41, 5.74) is 0.268. The predicted octanol–water partition coefficient (Wildman–Crippen LogP) is 4.65. The van der Waals surface area contributed by atoms with Crippen molar-refractivity contribution in [1.29, 1.82) is 0 Å². The van der Waals surface area contributed by atoms with E-state index in [-0.39, 0.29) is 23.7 Å². The highest BCUT2D eigenvalue weighted by molar-refractivity contribution is 5.97. The number of nitrogens with one attached hydrogen (secondary N) is 1. The highest BCUT2D eigenvalue weighted by Crippen LogP contribution is 2.36. The molecule has 0 atom stereocenters. The standard InChI is InChI=1S/C23H18F3N3O/c1-14-10-20(22(30)28-13-17-4-2-3-9-27-17)29-21-18(14)11-16(8-7-15-5-6-15)12-19(21)23(24,25)26/h2-4,9-12,15H,5-6,13H2,1H3,(H,28,30). The molecule has 30 heavy (non-hydrogen) atoms. The highest BCUT2D eigenvalue weighted by Gasteiger charge is 2.34. The van der Waals surface area contributed by atoms with Crippen LogP contribution < -0.4 is 5.32 Å². The minimum absolute atomic E-state index is 0.0711. The smallest absolute Gasteiger partial charge is 0.345 e. The van der Waals surface area contributed by atoms with Crippen LogP contribution in [-0.4, -0.2) is 15.9 Å². The molecule has 0 bridgehead atoms. The summed E-state index contributed by atoms with van der Waals surface area (Å²) >= 11 is 0. The van der Waals surface area contributed by atoms with Crippen LogP contribution in [0.25, 0.3) is 10.9 Å². The van der Waals surface area contributed by atoms with Crippen LogP contribution in [0, 0.1) is 24.7 Å². The fraction of sp³-hybridized carbons (Fsp3) is 0.261. The van der Waals surface area contributed by atoms with E-state index >= 15 is 0 Å². The number of aromatic nitrogens is 2. The van der Waals surface area contributed by atoms with Gasteiger partial charge in [0, 0.05) is 23.1 Å². The lowest BCUT2D eigenvalue weighted by atomic mass is 10.0. The van der Waals surface area contributed by atoms with Crippen molar-refractivity contribution in [2.45, 2.75) is 32.5 Å². The van der Waals surface area contributed by atoms with Crippen molar-refractivity contribution in [3.8, 4) is 11.8 Å². The number of fused-ring (bicyclic) bond motifs is 1. The summed E-state index contributed by atoms with van der Waals surface area (Å²) < 4.78 is 41.2. The van der Waals surface area contributed by atoms with Crippen LogP contribution >= 0.6 is 0 Å². The Labute approximate surface area is 171 Å². The van der Waals surface area contributed by atoms with Gasteiger partial charge in [-0.15, -0.1) is 0 Å². The first kappa shape index (κ1) is 19.9. The van der Waals surface area contributed by atoms with E-state index in [0.717, 1.165) is 18.9 Å². The van der Waals surface area contributed by atoms with E-state index in [4.69, 9.17) is 0 Å². The van der Waals surface area contributed by atoms with Crippen LogP contribution in [0.2, 0.25) is 0 Å². The Balaban J connectivity index is 1.72. The van der Waals surface area contributed by atoms with Crippen LogP contribution in [0.5, 0.6) is 0 Å². The van der Waals surface area contributed by atoms with Crippen molar-refractivity contribution >= 4 is 16.8 Å². The molecule has 2 heterocycles. The quantitative estimate of drug-likeness (QED) is 0.641. The SMILES string of the molecule is Cc1cc(C(=O)NCc2ccccn2)nc2c(C(F)(F)F)cc(C#CC3CC3)cc12. The van der Waals surface area contributed by atoms with E-state index in [2.05, 4.69) is 27.1 Å². The van der Waals surface area contributed by atoms with Crippen LogP contribution in [0.15, 0.2) is 42.6 Å². The van der Waals surface area contributed by atoms with E-state index in [9.17, 15) is 18.0 Å². The van der Waals surface area contributed by atoms with Crippen molar-refractivity contribution in [3.05, 3.63) is 70.7 Å². The molecule has 0 spiro atoms. The van der Waals surface area contributed by atoms with Crippen molar-refractivity contribution in [2.24, 2.45) is 5.92 Å². The van der Waals surface area contributed by atoms with E-state index in [1.165, 1.54) is 6.07 Å². The molecular formula is C23H18F3N3O. The minimum Gasteiger partial charge on any atom is -0.345 e. The molecule has 0 radical (unpaired) electrons. The summed E-state index contributed by atoms with van der Waals surface area (Å²) in [6, 6.07) is 9.39. The second-order valence-corrected chi connectivity index (χ2v) is 7.29. The molecule has 1 saturated carbocycles. The average Bonchev–Trinajstić information content (AvgIpc) is 3.54. The maximum atomic E-state index is 13.7. The van der Waals surface area contributed by atoms with E-state index in [1.54, 1.807) is 37.4 Å². The Morgan fingerprint density at radius 3 is 2.70 bits per heavy atom. The number of amides is 1. The summed E-state index contributed by atoms with van der Waals surface area (Å²) in [5.74, 6) is 5.56. The lowest BCUT2D eigenvalue weighted by Crippen LogP contribution is -2.24. The molecule has 4 nitrogen and oxygen atoms in total. The summed E-state index contributed by atoms with van der Waals surface area (Å²) in [5, 5.41) is 2.99. The number of rotatable bonds is 3. The van der Waals surface area contributed by atoms with Crippen LogP contribution in [-0.2, 0) is 12.7 Å². The zero-order valence-corrected chi connectivity index (χ0v) is 16.2. The van der Waals surface area contributed by atoms with Crippen LogP contribution in [0.1, 0.15) is 45.7 Å². The number of hydrogen-bond acceptors (Lipinski definition) is 3. The highest BCUT2D eigenvalue weighted by atomic mass is 19.4. The Bertz CT molecular complexity index is 1170. The van der Waals surface area contributed by atoms with E-state index < -0.39 is 17.6 Å². The van der Waals surface area contributed by atoms with Gasteiger partial charge >= 0.3 is 6.18 Å². The molecule has 7 heteroatoms. The van der Waals surface area contributed by atoms with Crippen molar-refractivity contribution < 1.29 is 18.0 Å². The Kier molecular flexibility index (Phi) is 5.17. The third kappa shape index (κ3) is 4.43. The first-order valence-electron chi connectivity index (χ1n) is 9.53. The fourth-order valence-corrected chi connectivity index (χ4v) is 3.07. The zero-order valence-electron chi connectivity index (χ0n) is 16.2. The zero-order chi connectivity index (χ0) is 21.3. The molecule has 1 aliphatic rings. The maximum absolute atomic E-state index is 13.7. The van der Waals surface area contributed by atoms with Crippen LogP contribution in [0.3, 0.4) is 0 Å². The predicted molar refractivity (Wildman–Crippen MR) is 106 cm³/mol. The maximum Gasteiger partial charge on any atom is 0.418 e. The Morgan fingerprint density at radius 2 is 2.03 bits per heavy atom. The van der Waals surface area contributed by atoms with Crippen LogP contribution in [0.4, 0.5) is 13.2 Å². The first-order chi connectivity index (χ1) is 14.3. The topological polar surface area (TPSA) is 54.9 Å². The van der Waals surface area contributed by atoms with Crippen molar-refractivity contribution in [2.75, 3.05) is 0 Å². The molecule has 1 amide bonds. The number of aryl methyl sites for hydroxylation is 1. The van der Waals surface area contributed by atoms with Gasteiger partial charge in [-0.1, -0.05) is 17.9 Å². The Morgan fingerprint density at radius 1 is 1.23 bits per heavy atom. The summed E-state index contributed by atoms with van der Waals surface area (Å²) in [6.45, 7) is 1.82. The largest absolute Gasteiger partial charge is 0.418 e. The van der Waals surface area contributed by atoms with E-state index in [0.29, 0.717) is 22.2 Å². The molecule has 1 N–H and O–H groups in total. The van der Waals surface area contributed by atoms with Gasteiger partial charge in [0.2, 0.25) is 0 Å². The molecule has 4 rings (SSSR count). The van der Waals surface area contributed by atoms with Gasteiger partial charge < -0.3 is 5.32 Å². The molecular weight excluding hydrogens is 391 g/mol. The second kappa shape index (κ2) is 7.79. The van der Waals surface area contributed by atoms with Crippen molar-refractivity contribution in [1.82, 2.24) is 15.3 Å². The molecule has 1 aliphatic carbocycles. The van der Waals surface area contributed by atoms with Gasteiger partial charge in [0.25, 0.3) is 5.91 Å².